The van der Waals surface area contributed by atoms with Gasteiger partial charge in [0.1, 0.15) is 13.2 Å². The van der Waals surface area contributed by atoms with Crippen molar-refractivity contribution in [2.24, 2.45) is 0 Å². The second-order valence-electron chi connectivity index (χ2n) is 19.6. The van der Waals surface area contributed by atoms with E-state index in [9.17, 15) is 14.4 Å². The molecule has 0 spiro atoms. The van der Waals surface area contributed by atoms with E-state index in [-0.39, 0.29) is 31.1 Å². The SMILES string of the molecule is CCCCCCC/C=C/CCCCCCCC(=O)OC[C@H](COC(=O)CCCCCCCCCCCCCCCCCCCCC)OC(=O)CCCCCCC/C=C/CCCCCCC. The van der Waals surface area contributed by atoms with Gasteiger partial charge in [0.05, 0.1) is 0 Å². The summed E-state index contributed by atoms with van der Waals surface area (Å²) in [5.74, 6) is -0.871. The molecule has 1 atom stereocenters. The van der Waals surface area contributed by atoms with Crippen molar-refractivity contribution in [2.75, 3.05) is 13.2 Å². The summed E-state index contributed by atoms with van der Waals surface area (Å²) >= 11 is 0. The molecule has 0 unspecified atom stereocenters. The normalized spacial score (nSPS) is 12.1. The third kappa shape index (κ3) is 52.7. The molecule has 0 saturated carbocycles. The molecule has 0 aliphatic carbocycles. The van der Waals surface area contributed by atoms with Crippen LogP contribution in [0, 0.1) is 0 Å². The Morgan fingerprint density at radius 2 is 0.508 bits per heavy atom. The fourth-order valence-electron chi connectivity index (χ4n) is 8.55. The van der Waals surface area contributed by atoms with Crippen molar-refractivity contribution in [3.8, 4) is 0 Å². The second-order valence-corrected chi connectivity index (χ2v) is 19.6. The zero-order chi connectivity index (χ0) is 47.2. The fraction of sp³-hybridized carbons (Fsp3) is 0.881. The molecule has 0 saturated heterocycles. The van der Waals surface area contributed by atoms with E-state index in [2.05, 4.69) is 45.1 Å². The Labute approximate surface area is 404 Å². The van der Waals surface area contributed by atoms with Crippen LogP contribution in [0.2, 0.25) is 0 Å². The minimum absolute atomic E-state index is 0.0729. The molecule has 0 fully saturated rings. The lowest BCUT2D eigenvalue weighted by Crippen LogP contribution is -2.30. The second kappa shape index (κ2) is 54.5. The maximum atomic E-state index is 12.8. The summed E-state index contributed by atoms with van der Waals surface area (Å²) in [6, 6.07) is 0. The van der Waals surface area contributed by atoms with Crippen LogP contribution in [0.1, 0.15) is 316 Å². The quantitative estimate of drug-likeness (QED) is 0.0262. The Kier molecular flexibility index (Phi) is 52.7. The lowest BCUT2D eigenvalue weighted by molar-refractivity contribution is -0.167. The molecule has 0 aliphatic heterocycles. The highest BCUT2D eigenvalue weighted by Gasteiger charge is 2.19. The van der Waals surface area contributed by atoms with E-state index in [0.717, 1.165) is 70.6 Å². The van der Waals surface area contributed by atoms with Crippen LogP contribution in [0.5, 0.6) is 0 Å². The zero-order valence-electron chi connectivity index (χ0n) is 43.8. The summed E-state index contributed by atoms with van der Waals surface area (Å²) in [4.78, 5) is 38.1. The predicted molar refractivity (Wildman–Crippen MR) is 279 cm³/mol. The molecule has 6 nitrogen and oxygen atoms in total. The van der Waals surface area contributed by atoms with Crippen molar-refractivity contribution in [1.82, 2.24) is 0 Å². The Morgan fingerprint density at radius 1 is 0.292 bits per heavy atom. The van der Waals surface area contributed by atoms with Crippen LogP contribution in [0.15, 0.2) is 24.3 Å². The van der Waals surface area contributed by atoms with E-state index in [1.54, 1.807) is 0 Å². The number of ether oxygens (including phenoxy) is 3. The molecule has 382 valence electrons. The van der Waals surface area contributed by atoms with Gasteiger partial charge in [0, 0.05) is 19.3 Å². The van der Waals surface area contributed by atoms with Crippen LogP contribution < -0.4 is 0 Å². The molecule has 0 bridgehead atoms. The third-order valence-corrected chi connectivity index (χ3v) is 12.9. The monoisotopic (exact) mass is 915 g/mol. The van der Waals surface area contributed by atoms with E-state index >= 15 is 0 Å². The Hall–Kier alpha value is -2.11. The van der Waals surface area contributed by atoms with Crippen molar-refractivity contribution in [3.05, 3.63) is 24.3 Å². The molecule has 6 heteroatoms. The van der Waals surface area contributed by atoms with Gasteiger partial charge in [0.25, 0.3) is 0 Å². The third-order valence-electron chi connectivity index (χ3n) is 12.9. The van der Waals surface area contributed by atoms with Crippen LogP contribution >= 0.6 is 0 Å². The number of hydrogen-bond donors (Lipinski definition) is 0. The van der Waals surface area contributed by atoms with Gasteiger partial charge in [-0.1, -0.05) is 251 Å². The number of unbranched alkanes of at least 4 members (excludes halogenated alkanes) is 38. The van der Waals surface area contributed by atoms with E-state index < -0.39 is 6.10 Å². The first-order chi connectivity index (χ1) is 32.0. The van der Waals surface area contributed by atoms with Crippen molar-refractivity contribution in [3.63, 3.8) is 0 Å². The molecule has 0 N–H and O–H groups in total. The van der Waals surface area contributed by atoms with Gasteiger partial charge in [-0.2, -0.15) is 0 Å². The highest BCUT2D eigenvalue weighted by Crippen LogP contribution is 2.17. The van der Waals surface area contributed by atoms with Crippen molar-refractivity contribution >= 4 is 17.9 Å². The first kappa shape index (κ1) is 62.9. The summed E-state index contributed by atoms with van der Waals surface area (Å²) in [6.07, 6.45) is 63.1. The minimum Gasteiger partial charge on any atom is -0.462 e. The number of rotatable bonds is 53. The van der Waals surface area contributed by atoms with Gasteiger partial charge in [-0.25, -0.2) is 0 Å². The molecule has 0 rings (SSSR count). The molecular weight excluding hydrogens is 805 g/mol. The first-order valence-electron chi connectivity index (χ1n) is 28.8. The molecule has 0 aromatic carbocycles. The smallest absolute Gasteiger partial charge is 0.306 e. The average Bonchev–Trinajstić information content (AvgIpc) is 3.30. The van der Waals surface area contributed by atoms with Crippen molar-refractivity contribution in [2.45, 2.75) is 322 Å². The summed E-state index contributed by atoms with van der Waals surface area (Å²) in [6.45, 7) is 6.65. The van der Waals surface area contributed by atoms with E-state index in [4.69, 9.17) is 14.2 Å². The predicted octanol–water partition coefficient (Wildman–Crippen LogP) is 19.1. The van der Waals surface area contributed by atoms with Crippen LogP contribution in [-0.4, -0.2) is 37.2 Å². The molecule has 0 amide bonds. The van der Waals surface area contributed by atoms with Gasteiger partial charge in [-0.3, -0.25) is 14.4 Å². The fourth-order valence-corrected chi connectivity index (χ4v) is 8.55. The molecule has 0 aromatic heterocycles. The minimum atomic E-state index is -0.775. The lowest BCUT2D eigenvalue weighted by Gasteiger charge is -2.18. The van der Waals surface area contributed by atoms with Gasteiger partial charge in [0.15, 0.2) is 6.10 Å². The number of esters is 3. The average molecular weight is 916 g/mol. The zero-order valence-corrected chi connectivity index (χ0v) is 43.8. The Morgan fingerprint density at radius 3 is 0.769 bits per heavy atom. The van der Waals surface area contributed by atoms with Crippen LogP contribution in [0.3, 0.4) is 0 Å². The summed E-state index contributed by atoms with van der Waals surface area (Å²) in [7, 11) is 0. The van der Waals surface area contributed by atoms with E-state index in [1.807, 2.05) is 0 Å². The standard InChI is InChI=1S/C59H110O6/c1-4-7-10-13-16-19-22-25-28-29-30-31-32-35-37-40-43-46-49-52-58(61)64-55-56(65-59(62)53-50-47-44-41-38-34-27-24-21-18-15-12-9-6-3)54-63-57(60)51-48-45-42-39-36-33-26-23-20-17-14-11-8-5-2/h23-24,26-27,56H,4-22,25,28-55H2,1-3H3/b26-23+,27-24+/t56-/m1/s1. The first-order valence-corrected chi connectivity index (χ1v) is 28.8. The van der Waals surface area contributed by atoms with Gasteiger partial charge in [0.2, 0.25) is 0 Å². The molecule has 65 heavy (non-hydrogen) atoms. The van der Waals surface area contributed by atoms with Gasteiger partial charge >= 0.3 is 17.9 Å². The summed E-state index contributed by atoms with van der Waals surface area (Å²) < 4.78 is 16.9. The molecular formula is C59H110O6. The molecule has 0 heterocycles. The summed E-state index contributed by atoms with van der Waals surface area (Å²) in [5.41, 5.74) is 0. The molecule has 0 aliphatic rings. The maximum Gasteiger partial charge on any atom is 0.306 e. The number of carbonyl (C=O) groups is 3. The summed E-state index contributed by atoms with van der Waals surface area (Å²) in [5, 5.41) is 0. The number of carbonyl (C=O) groups excluding carboxylic acids is 3. The van der Waals surface area contributed by atoms with Crippen molar-refractivity contribution < 1.29 is 28.6 Å². The Balaban J connectivity index is 4.31. The number of allylic oxidation sites excluding steroid dienone is 4. The van der Waals surface area contributed by atoms with Gasteiger partial charge < -0.3 is 14.2 Å². The van der Waals surface area contributed by atoms with Crippen LogP contribution in [0.25, 0.3) is 0 Å². The highest BCUT2D eigenvalue weighted by molar-refractivity contribution is 5.71. The molecule has 0 aromatic rings. The largest absolute Gasteiger partial charge is 0.462 e. The van der Waals surface area contributed by atoms with Crippen molar-refractivity contribution in [1.29, 1.82) is 0 Å². The van der Waals surface area contributed by atoms with E-state index in [0.29, 0.717) is 19.3 Å². The Bertz CT molecular complexity index is 1050. The van der Waals surface area contributed by atoms with E-state index in [1.165, 1.54) is 205 Å². The van der Waals surface area contributed by atoms with Crippen LogP contribution in [-0.2, 0) is 28.6 Å². The van der Waals surface area contributed by atoms with Gasteiger partial charge in [-0.05, 0) is 70.6 Å². The number of hydrogen-bond acceptors (Lipinski definition) is 6. The van der Waals surface area contributed by atoms with Crippen LogP contribution in [0.4, 0.5) is 0 Å². The molecule has 0 radical (unpaired) electrons. The maximum absolute atomic E-state index is 12.8. The highest BCUT2D eigenvalue weighted by atomic mass is 16.6. The lowest BCUT2D eigenvalue weighted by atomic mass is 10.0. The topological polar surface area (TPSA) is 78.9 Å². The van der Waals surface area contributed by atoms with Gasteiger partial charge in [-0.15, -0.1) is 0 Å².